The van der Waals surface area contributed by atoms with Gasteiger partial charge in [-0.25, -0.2) is 0 Å². The number of benzene rings is 1. The molecule has 1 aromatic heterocycles. The zero-order chi connectivity index (χ0) is 23.4. The summed E-state index contributed by atoms with van der Waals surface area (Å²) >= 11 is 0. The molecule has 2 atom stereocenters. The van der Waals surface area contributed by atoms with Gasteiger partial charge in [-0.15, -0.1) is 0 Å². The van der Waals surface area contributed by atoms with E-state index < -0.39 is 0 Å². The summed E-state index contributed by atoms with van der Waals surface area (Å²) in [5.41, 5.74) is 1.64. The van der Waals surface area contributed by atoms with E-state index in [2.05, 4.69) is 4.98 Å². The summed E-state index contributed by atoms with van der Waals surface area (Å²) in [6, 6.07) is 11.8. The minimum Gasteiger partial charge on any atom is -0.493 e. The van der Waals surface area contributed by atoms with Crippen molar-refractivity contribution >= 4 is 11.8 Å². The molecule has 3 heterocycles. The zero-order valence-corrected chi connectivity index (χ0v) is 19.9. The molecular weight excluding hydrogens is 414 g/mol. The van der Waals surface area contributed by atoms with E-state index in [0.29, 0.717) is 30.6 Å². The average Bonchev–Trinajstić information content (AvgIpc) is 3.26. The predicted molar refractivity (Wildman–Crippen MR) is 128 cm³/mol. The topological polar surface area (TPSA) is 62.7 Å². The molecule has 2 amide bonds. The summed E-state index contributed by atoms with van der Waals surface area (Å²) in [4.78, 5) is 33.9. The molecule has 1 aromatic carbocycles. The molecule has 176 valence electrons. The van der Waals surface area contributed by atoms with Crippen LogP contribution in [0.4, 0.5) is 0 Å². The fourth-order valence-corrected chi connectivity index (χ4v) is 5.26. The molecule has 2 aliphatic heterocycles. The summed E-state index contributed by atoms with van der Waals surface area (Å²) in [5, 5.41) is 0. The van der Waals surface area contributed by atoms with Gasteiger partial charge in [0.25, 0.3) is 5.91 Å². The number of carbonyl (C=O) groups excluding carboxylic acids is 2. The van der Waals surface area contributed by atoms with Gasteiger partial charge in [-0.05, 0) is 55.4 Å². The van der Waals surface area contributed by atoms with Crippen LogP contribution >= 0.6 is 0 Å². The van der Waals surface area contributed by atoms with Gasteiger partial charge < -0.3 is 14.5 Å². The lowest BCUT2D eigenvalue weighted by atomic mass is 9.78. The molecule has 6 nitrogen and oxygen atoms in total. The highest BCUT2D eigenvalue weighted by Gasteiger charge is 2.41. The number of hydrogen-bond donors (Lipinski definition) is 0. The van der Waals surface area contributed by atoms with Gasteiger partial charge in [0.1, 0.15) is 5.75 Å². The van der Waals surface area contributed by atoms with Crippen LogP contribution in [-0.4, -0.2) is 59.4 Å². The van der Waals surface area contributed by atoms with Crippen molar-refractivity contribution in [3.05, 3.63) is 59.9 Å². The van der Waals surface area contributed by atoms with Crippen LogP contribution in [0.5, 0.6) is 5.75 Å². The number of nitrogens with zero attached hydrogens (tertiary/aromatic N) is 3. The Labute approximate surface area is 196 Å². The summed E-state index contributed by atoms with van der Waals surface area (Å²) < 4.78 is 6.14. The second-order valence-corrected chi connectivity index (χ2v) is 9.83. The van der Waals surface area contributed by atoms with Crippen molar-refractivity contribution in [2.24, 2.45) is 23.7 Å². The molecule has 0 aliphatic carbocycles. The number of rotatable bonds is 6. The van der Waals surface area contributed by atoms with E-state index in [0.717, 1.165) is 43.8 Å². The molecule has 4 rings (SSSR count). The Hall–Kier alpha value is -2.89. The first-order chi connectivity index (χ1) is 15.9. The molecule has 33 heavy (non-hydrogen) atoms. The SMILES string of the molecule is Cc1cncc(C(=O)N2CC(COc3ccccc3)C(C3CCN(C(=O)C(C)C)CC3)C2)c1. The lowest BCUT2D eigenvalue weighted by Gasteiger charge is -2.37. The van der Waals surface area contributed by atoms with Gasteiger partial charge in [-0.3, -0.25) is 14.6 Å². The Morgan fingerprint density at radius 3 is 2.45 bits per heavy atom. The lowest BCUT2D eigenvalue weighted by Crippen LogP contribution is -2.43. The molecule has 0 radical (unpaired) electrons. The first-order valence-electron chi connectivity index (χ1n) is 12.1. The van der Waals surface area contributed by atoms with Crippen LogP contribution in [0.25, 0.3) is 0 Å². The number of amides is 2. The van der Waals surface area contributed by atoms with E-state index in [4.69, 9.17) is 4.74 Å². The van der Waals surface area contributed by atoms with E-state index in [9.17, 15) is 9.59 Å². The highest BCUT2D eigenvalue weighted by Crippen LogP contribution is 2.37. The van der Waals surface area contributed by atoms with Crippen LogP contribution in [0.1, 0.15) is 42.6 Å². The number of carbonyl (C=O) groups is 2. The van der Waals surface area contributed by atoms with Crippen molar-refractivity contribution in [3.63, 3.8) is 0 Å². The molecule has 6 heteroatoms. The normalized spacial score (nSPS) is 21.5. The predicted octanol–water partition coefficient (Wildman–Crippen LogP) is 4.05. The minimum absolute atomic E-state index is 0.0381. The van der Waals surface area contributed by atoms with Crippen LogP contribution in [0, 0.1) is 30.6 Å². The fourth-order valence-electron chi connectivity index (χ4n) is 5.26. The molecule has 2 unspecified atom stereocenters. The molecule has 0 spiro atoms. The van der Waals surface area contributed by atoms with Crippen molar-refractivity contribution in [1.82, 2.24) is 14.8 Å². The molecule has 2 aromatic rings. The highest BCUT2D eigenvalue weighted by atomic mass is 16.5. The second kappa shape index (κ2) is 10.4. The Kier molecular flexibility index (Phi) is 7.31. The van der Waals surface area contributed by atoms with Gasteiger partial charge in [0.2, 0.25) is 5.91 Å². The van der Waals surface area contributed by atoms with Crippen LogP contribution in [-0.2, 0) is 4.79 Å². The third kappa shape index (κ3) is 5.55. The number of para-hydroxylation sites is 1. The third-order valence-corrected chi connectivity index (χ3v) is 7.06. The third-order valence-electron chi connectivity index (χ3n) is 7.06. The zero-order valence-electron chi connectivity index (χ0n) is 19.9. The Bertz CT molecular complexity index is 954. The maximum atomic E-state index is 13.3. The van der Waals surface area contributed by atoms with Crippen LogP contribution in [0.15, 0.2) is 48.8 Å². The van der Waals surface area contributed by atoms with E-state index in [1.165, 1.54) is 0 Å². The number of piperidine rings is 1. The molecule has 2 aliphatic rings. The van der Waals surface area contributed by atoms with Crippen molar-refractivity contribution in [1.29, 1.82) is 0 Å². The van der Waals surface area contributed by atoms with Gasteiger partial charge in [-0.2, -0.15) is 0 Å². The summed E-state index contributed by atoms with van der Waals surface area (Å²) in [7, 11) is 0. The number of ether oxygens (including phenoxy) is 1. The molecular formula is C27H35N3O3. The van der Waals surface area contributed by atoms with E-state index >= 15 is 0 Å². The summed E-state index contributed by atoms with van der Waals surface area (Å²) in [6.45, 7) is 9.51. The van der Waals surface area contributed by atoms with Crippen LogP contribution in [0.3, 0.4) is 0 Å². The van der Waals surface area contributed by atoms with Crippen molar-refractivity contribution in [2.75, 3.05) is 32.8 Å². The molecule has 2 saturated heterocycles. The molecule has 0 saturated carbocycles. The molecule has 0 N–H and O–H groups in total. The lowest BCUT2D eigenvalue weighted by molar-refractivity contribution is -0.136. The number of likely N-dealkylation sites (tertiary alicyclic amines) is 2. The minimum atomic E-state index is 0.0381. The van der Waals surface area contributed by atoms with Crippen molar-refractivity contribution in [3.8, 4) is 5.75 Å². The van der Waals surface area contributed by atoms with Gasteiger partial charge in [0, 0.05) is 50.4 Å². The van der Waals surface area contributed by atoms with Crippen molar-refractivity contribution < 1.29 is 14.3 Å². The number of aromatic nitrogens is 1. The summed E-state index contributed by atoms with van der Waals surface area (Å²) in [5.74, 6) is 2.31. The van der Waals surface area contributed by atoms with Gasteiger partial charge in [0.15, 0.2) is 0 Å². The summed E-state index contributed by atoms with van der Waals surface area (Å²) in [6.07, 6.45) is 5.40. The van der Waals surface area contributed by atoms with E-state index in [-0.39, 0.29) is 23.7 Å². The Balaban J connectivity index is 1.46. The first kappa shape index (κ1) is 23.3. The van der Waals surface area contributed by atoms with Crippen LogP contribution in [0.2, 0.25) is 0 Å². The highest BCUT2D eigenvalue weighted by molar-refractivity contribution is 5.94. The maximum absolute atomic E-state index is 13.3. The van der Waals surface area contributed by atoms with Crippen LogP contribution < -0.4 is 4.74 Å². The largest absolute Gasteiger partial charge is 0.493 e. The van der Waals surface area contributed by atoms with Gasteiger partial charge in [0.05, 0.1) is 12.2 Å². The Morgan fingerprint density at radius 2 is 1.79 bits per heavy atom. The first-order valence-corrected chi connectivity index (χ1v) is 12.1. The van der Waals surface area contributed by atoms with Crippen molar-refractivity contribution in [2.45, 2.75) is 33.6 Å². The van der Waals surface area contributed by atoms with Gasteiger partial charge >= 0.3 is 0 Å². The molecule has 0 bridgehead atoms. The standard InChI is InChI=1S/C27H35N3O3/c1-19(2)26(31)29-11-9-21(10-12-29)25-17-30(27(32)22-13-20(3)14-28-15-22)16-23(25)18-33-24-7-5-4-6-8-24/h4-8,13-15,19,21,23,25H,9-12,16-18H2,1-3H3. The molecule has 2 fully saturated rings. The average molecular weight is 450 g/mol. The van der Waals surface area contributed by atoms with E-state index in [1.807, 2.05) is 67.0 Å². The number of aryl methyl sites for hydroxylation is 1. The number of pyridine rings is 1. The van der Waals surface area contributed by atoms with Gasteiger partial charge in [-0.1, -0.05) is 32.0 Å². The quantitative estimate of drug-likeness (QED) is 0.667. The maximum Gasteiger partial charge on any atom is 0.255 e. The fraction of sp³-hybridized carbons (Fsp3) is 0.519. The monoisotopic (exact) mass is 449 g/mol. The second-order valence-electron chi connectivity index (χ2n) is 9.83. The number of hydrogen-bond acceptors (Lipinski definition) is 4. The Morgan fingerprint density at radius 1 is 1.06 bits per heavy atom. The van der Waals surface area contributed by atoms with E-state index in [1.54, 1.807) is 12.4 Å². The smallest absolute Gasteiger partial charge is 0.255 e.